The molecule has 0 aliphatic rings. The Kier molecular flexibility index (Phi) is 21.5. The normalized spacial score (nSPS) is 12.4. The van der Waals surface area contributed by atoms with Crippen LogP contribution >= 0.6 is 0 Å². The Morgan fingerprint density at radius 2 is 0.864 bits per heavy atom. The van der Waals surface area contributed by atoms with E-state index in [9.17, 15) is 0 Å². The van der Waals surface area contributed by atoms with Crippen LogP contribution in [0.3, 0.4) is 0 Å². The van der Waals surface area contributed by atoms with Gasteiger partial charge < -0.3 is 17.3 Å². The molecule has 0 heterocycles. The maximum atomic E-state index is 2.35. The molecule has 0 aromatic carbocycles. The molecule has 0 aromatic heterocycles. The summed E-state index contributed by atoms with van der Waals surface area (Å²) >= 11 is 0. The van der Waals surface area contributed by atoms with Crippen LogP contribution in [-0.2, 0) is 0 Å². The molecule has 0 saturated heterocycles. The fraction of sp³-hybridized carbons (Fsp3) is 1.00. The van der Waals surface area contributed by atoms with Gasteiger partial charge in [0, 0.05) is 0 Å². The third kappa shape index (κ3) is 16.6. The van der Waals surface area contributed by atoms with Crippen LogP contribution in [0.1, 0.15) is 110 Å². The highest BCUT2D eigenvalue weighted by Crippen LogP contribution is 2.13. The van der Waals surface area contributed by atoms with Crippen LogP contribution < -0.4 is 17.3 Å². The van der Waals surface area contributed by atoms with Crippen LogP contribution in [0.25, 0.3) is 0 Å². The Labute approximate surface area is 148 Å². The van der Waals surface area contributed by atoms with Crippen molar-refractivity contribution in [2.24, 2.45) is 0 Å². The van der Waals surface area contributed by atoms with E-state index >= 15 is 0 Å². The molecule has 1 atom stereocenters. The lowest BCUT2D eigenvalue weighted by molar-refractivity contribution is -0.886. The molecular formula is C20H44ClN. The maximum absolute atomic E-state index is 2.35. The topological polar surface area (TPSA) is 4.44 Å². The van der Waals surface area contributed by atoms with E-state index in [0.29, 0.717) is 0 Å². The molecule has 1 unspecified atom stereocenters. The summed E-state index contributed by atoms with van der Waals surface area (Å²) in [6.45, 7) is 4.60. The van der Waals surface area contributed by atoms with E-state index in [1.165, 1.54) is 96.3 Å². The molecule has 22 heavy (non-hydrogen) atoms. The largest absolute Gasteiger partial charge is 1.00 e. The first kappa shape index (κ1) is 24.5. The van der Waals surface area contributed by atoms with Crippen LogP contribution in [-0.4, -0.2) is 20.1 Å². The van der Waals surface area contributed by atoms with Gasteiger partial charge in [-0.25, -0.2) is 0 Å². The summed E-state index contributed by atoms with van der Waals surface area (Å²) < 4.78 is 0. The fourth-order valence-corrected chi connectivity index (χ4v) is 3.24. The van der Waals surface area contributed by atoms with Gasteiger partial charge in [-0.05, 0) is 25.7 Å². The zero-order valence-corrected chi connectivity index (χ0v) is 16.8. The lowest BCUT2D eigenvalue weighted by Crippen LogP contribution is -3.10. The zero-order valence-electron chi connectivity index (χ0n) is 16.1. The predicted octanol–water partition coefficient (Wildman–Crippen LogP) is 2.39. The highest BCUT2D eigenvalue weighted by atomic mass is 35.5. The maximum Gasteiger partial charge on any atom is 0.0870 e. The molecule has 1 nitrogen and oxygen atoms in total. The Morgan fingerprint density at radius 3 is 1.18 bits per heavy atom. The Balaban J connectivity index is 0. The average molecular weight is 334 g/mol. The van der Waals surface area contributed by atoms with Crippen LogP contribution in [0.5, 0.6) is 0 Å². The van der Waals surface area contributed by atoms with Crippen molar-refractivity contribution in [3.8, 4) is 0 Å². The van der Waals surface area contributed by atoms with E-state index in [2.05, 4.69) is 27.9 Å². The van der Waals surface area contributed by atoms with Crippen LogP contribution in [0.15, 0.2) is 0 Å². The van der Waals surface area contributed by atoms with E-state index < -0.39 is 0 Å². The van der Waals surface area contributed by atoms with Crippen molar-refractivity contribution in [3.05, 3.63) is 0 Å². The number of quaternary nitrogens is 1. The molecule has 0 bridgehead atoms. The molecule has 0 aromatic rings. The summed E-state index contributed by atoms with van der Waals surface area (Å²) in [5.74, 6) is 0. The molecule has 0 aliphatic heterocycles. The summed E-state index contributed by atoms with van der Waals surface area (Å²) in [7, 11) is 4.70. The first-order valence-corrected chi connectivity index (χ1v) is 10.0. The smallest absolute Gasteiger partial charge is 0.0870 e. The van der Waals surface area contributed by atoms with Crippen LogP contribution in [0, 0.1) is 0 Å². The van der Waals surface area contributed by atoms with E-state index in [1.54, 1.807) is 4.90 Å². The lowest BCUT2D eigenvalue weighted by Gasteiger charge is -2.21. The highest BCUT2D eigenvalue weighted by Gasteiger charge is 2.13. The van der Waals surface area contributed by atoms with Gasteiger partial charge in [-0.1, -0.05) is 84.5 Å². The highest BCUT2D eigenvalue weighted by molar-refractivity contribution is 4.58. The van der Waals surface area contributed by atoms with Gasteiger partial charge in [0.05, 0.1) is 20.1 Å². The predicted molar refractivity (Wildman–Crippen MR) is 97.2 cm³/mol. The van der Waals surface area contributed by atoms with Crippen molar-refractivity contribution >= 4 is 0 Å². The molecule has 136 valence electrons. The van der Waals surface area contributed by atoms with Gasteiger partial charge in [-0.2, -0.15) is 0 Å². The fourth-order valence-electron chi connectivity index (χ4n) is 3.24. The van der Waals surface area contributed by atoms with E-state index in [-0.39, 0.29) is 12.4 Å². The standard InChI is InChI=1S/C20H43N.ClH/c1-5-7-9-11-12-13-15-17-19-20(21(3)4)18-16-14-10-8-6-2;/h20H,5-19H2,1-4H3;1H. The summed E-state index contributed by atoms with van der Waals surface area (Å²) in [6.07, 6.45) is 21.6. The van der Waals surface area contributed by atoms with E-state index in [4.69, 9.17) is 0 Å². The van der Waals surface area contributed by atoms with Gasteiger partial charge in [0.25, 0.3) is 0 Å². The molecule has 0 aliphatic carbocycles. The number of halogens is 1. The van der Waals surface area contributed by atoms with Gasteiger partial charge in [-0.15, -0.1) is 0 Å². The Hall–Kier alpha value is 0.250. The van der Waals surface area contributed by atoms with Gasteiger partial charge in [-0.3, -0.25) is 0 Å². The Bertz CT molecular complexity index is 194. The molecule has 0 spiro atoms. The minimum atomic E-state index is 0. The molecule has 2 heteroatoms. The zero-order chi connectivity index (χ0) is 15.8. The second kappa shape index (κ2) is 19.3. The monoisotopic (exact) mass is 333 g/mol. The van der Waals surface area contributed by atoms with Gasteiger partial charge in [0.1, 0.15) is 0 Å². The number of unbranched alkanes of at least 4 members (excludes halogenated alkanes) is 11. The third-order valence-electron chi connectivity index (χ3n) is 4.88. The van der Waals surface area contributed by atoms with E-state index in [1.807, 2.05) is 0 Å². The number of hydrogen-bond donors (Lipinski definition) is 1. The minimum Gasteiger partial charge on any atom is -1.00 e. The second-order valence-corrected chi connectivity index (χ2v) is 7.24. The molecule has 0 amide bonds. The van der Waals surface area contributed by atoms with Gasteiger partial charge in [0.2, 0.25) is 0 Å². The second-order valence-electron chi connectivity index (χ2n) is 7.24. The molecule has 0 fully saturated rings. The summed E-state index contributed by atoms with van der Waals surface area (Å²) in [5.41, 5.74) is 0. The lowest BCUT2D eigenvalue weighted by atomic mass is 9.99. The van der Waals surface area contributed by atoms with Crippen molar-refractivity contribution in [2.45, 2.75) is 116 Å². The molecule has 0 rings (SSSR count). The molecule has 1 N–H and O–H groups in total. The van der Waals surface area contributed by atoms with Gasteiger partial charge >= 0.3 is 0 Å². The first-order chi connectivity index (χ1) is 10.2. The molecule has 0 saturated carbocycles. The number of hydrogen-bond acceptors (Lipinski definition) is 0. The van der Waals surface area contributed by atoms with Gasteiger partial charge in [0.15, 0.2) is 0 Å². The molecular weight excluding hydrogens is 290 g/mol. The van der Waals surface area contributed by atoms with E-state index in [0.717, 1.165) is 6.04 Å². The first-order valence-electron chi connectivity index (χ1n) is 10.0. The number of nitrogens with one attached hydrogen (secondary N) is 1. The molecule has 0 radical (unpaired) electrons. The quantitative estimate of drug-likeness (QED) is 0.414. The average Bonchev–Trinajstić information content (AvgIpc) is 2.47. The van der Waals surface area contributed by atoms with Crippen molar-refractivity contribution in [2.75, 3.05) is 14.1 Å². The summed E-state index contributed by atoms with van der Waals surface area (Å²) in [6, 6.07) is 0.909. The minimum absolute atomic E-state index is 0. The van der Waals surface area contributed by atoms with Crippen molar-refractivity contribution < 1.29 is 17.3 Å². The van der Waals surface area contributed by atoms with Crippen molar-refractivity contribution in [1.29, 1.82) is 0 Å². The Morgan fingerprint density at radius 1 is 0.545 bits per heavy atom. The van der Waals surface area contributed by atoms with Crippen LogP contribution in [0.4, 0.5) is 0 Å². The summed E-state index contributed by atoms with van der Waals surface area (Å²) in [5, 5.41) is 0. The number of rotatable bonds is 16. The van der Waals surface area contributed by atoms with Crippen molar-refractivity contribution in [1.82, 2.24) is 0 Å². The van der Waals surface area contributed by atoms with Crippen molar-refractivity contribution in [3.63, 3.8) is 0 Å². The van der Waals surface area contributed by atoms with Crippen LogP contribution in [0.2, 0.25) is 0 Å². The SMILES string of the molecule is CCCCCCCCCCC(CCCCCCC)[NH+](C)C.[Cl-]. The summed E-state index contributed by atoms with van der Waals surface area (Å²) in [4.78, 5) is 1.67. The third-order valence-corrected chi connectivity index (χ3v) is 4.88.